The predicted molar refractivity (Wildman–Crippen MR) is 107 cm³/mol. The molecular formula is C22H24N4O. The van der Waals surface area contributed by atoms with E-state index >= 15 is 0 Å². The van der Waals surface area contributed by atoms with E-state index in [0.29, 0.717) is 5.56 Å². The zero-order valence-electron chi connectivity index (χ0n) is 15.8. The van der Waals surface area contributed by atoms with E-state index in [0.717, 1.165) is 43.1 Å². The molecule has 1 aliphatic rings. The standard InChI is InChI=1S/C22H24N4O/c1-17-8-10-19(11-9-17)26-16-20(21(23-26)18-6-4-3-5-7-18)22(27)25-14-12-24(2)13-15-25/h3-11,16H,12-15H2,1-2H3. The van der Waals surface area contributed by atoms with Crippen LogP contribution in [-0.4, -0.2) is 58.7 Å². The van der Waals surface area contributed by atoms with Gasteiger partial charge in [0.25, 0.3) is 5.91 Å². The summed E-state index contributed by atoms with van der Waals surface area (Å²) in [5, 5.41) is 4.77. The molecule has 0 aliphatic carbocycles. The third-order valence-corrected chi connectivity index (χ3v) is 5.08. The van der Waals surface area contributed by atoms with Gasteiger partial charge in [0.1, 0.15) is 5.69 Å². The number of nitrogens with zero attached hydrogens (tertiary/aromatic N) is 4. The number of piperazine rings is 1. The van der Waals surface area contributed by atoms with Crippen molar-refractivity contribution in [3.63, 3.8) is 0 Å². The lowest BCUT2D eigenvalue weighted by molar-refractivity contribution is 0.0665. The van der Waals surface area contributed by atoms with Crippen molar-refractivity contribution in [2.45, 2.75) is 6.92 Å². The molecule has 4 rings (SSSR count). The van der Waals surface area contributed by atoms with Crippen molar-refractivity contribution in [3.8, 4) is 16.9 Å². The van der Waals surface area contributed by atoms with Crippen LogP contribution >= 0.6 is 0 Å². The third-order valence-electron chi connectivity index (χ3n) is 5.08. The van der Waals surface area contributed by atoms with Crippen LogP contribution in [0.1, 0.15) is 15.9 Å². The second-order valence-electron chi connectivity index (χ2n) is 7.13. The van der Waals surface area contributed by atoms with Gasteiger partial charge < -0.3 is 9.80 Å². The quantitative estimate of drug-likeness (QED) is 0.720. The van der Waals surface area contributed by atoms with Crippen molar-refractivity contribution in [3.05, 3.63) is 71.9 Å². The average Bonchev–Trinajstić information content (AvgIpc) is 3.15. The molecule has 2 heterocycles. The van der Waals surface area contributed by atoms with Crippen molar-refractivity contribution >= 4 is 5.91 Å². The number of carbonyl (C=O) groups is 1. The lowest BCUT2D eigenvalue weighted by Crippen LogP contribution is -2.47. The fraction of sp³-hybridized carbons (Fsp3) is 0.273. The van der Waals surface area contributed by atoms with E-state index in [1.165, 1.54) is 5.56 Å². The first kappa shape index (κ1) is 17.5. The Morgan fingerprint density at radius 2 is 1.59 bits per heavy atom. The Balaban J connectivity index is 1.74. The van der Waals surface area contributed by atoms with E-state index in [9.17, 15) is 4.79 Å². The van der Waals surface area contributed by atoms with Gasteiger partial charge >= 0.3 is 0 Å². The summed E-state index contributed by atoms with van der Waals surface area (Å²) in [4.78, 5) is 17.4. The Kier molecular flexibility index (Phi) is 4.77. The maximum atomic E-state index is 13.3. The second kappa shape index (κ2) is 7.37. The Labute approximate surface area is 159 Å². The number of aromatic nitrogens is 2. The van der Waals surface area contributed by atoms with E-state index < -0.39 is 0 Å². The topological polar surface area (TPSA) is 41.4 Å². The summed E-state index contributed by atoms with van der Waals surface area (Å²) in [6, 6.07) is 18.1. The zero-order valence-corrected chi connectivity index (χ0v) is 15.8. The van der Waals surface area contributed by atoms with Crippen molar-refractivity contribution in [2.24, 2.45) is 0 Å². The summed E-state index contributed by atoms with van der Waals surface area (Å²) in [5.41, 5.74) is 4.51. The van der Waals surface area contributed by atoms with Crippen LogP contribution in [-0.2, 0) is 0 Å². The Hall–Kier alpha value is -2.92. The molecular weight excluding hydrogens is 336 g/mol. The normalized spacial score (nSPS) is 15.1. The number of aryl methyl sites for hydroxylation is 1. The number of likely N-dealkylation sites (N-methyl/N-ethyl adjacent to an activating group) is 1. The van der Waals surface area contributed by atoms with Gasteiger partial charge in [-0.25, -0.2) is 4.68 Å². The second-order valence-corrected chi connectivity index (χ2v) is 7.13. The van der Waals surface area contributed by atoms with Crippen LogP contribution in [0.3, 0.4) is 0 Å². The van der Waals surface area contributed by atoms with Gasteiger partial charge in [-0.2, -0.15) is 5.10 Å². The molecule has 0 saturated carbocycles. The van der Waals surface area contributed by atoms with E-state index in [1.54, 1.807) is 0 Å². The van der Waals surface area contributed by atoms with Gasteiger partial charge in [-0.3, -0.25) is 4.79 Å². The highest BCUT2D eigenvalue weighted by atomic mass is 16.2. The third kappa shape index (κ3) is 3.64. The summed E-state index contributed by atoms with van der Waals surface area (Å²) in [6.07, 6.45) is 1.87. The fourth-order valence-electron chi connectivity index (χ4n) is 3.35. The largest absolute Gasteiger partial charge is 0.336 e. The van der Waals surface area contributed by atoms with Crippen molar-refractivity contribution in [1.82, 2.24) is 19.6 Å². The van der Waals surface area contributed by atoms with Crippen LogP contribution in [0, 0.1) is 6.92 Å². The molecule has 3 aromatic rings. The van der Waals surface area contributed by atoms with E-state index in [2.05, 4.69) is 31.0 Å². The highest BCUT2D eigenvalue weighted by Gasteiger charge is 2.25. The molecule has 2 aromatic carbocycles. The van der Waals surface area contributed by atoms with Crippen LogP contribution in [0.5, 0.6) is 0 Å². The minimum Gasteiger partial charge on any atom is -0.336 e. The van der Waals surface area contributed by atoms with Crippen LogP contribution in [0.15, 0.2) is 60.8 Å². The summed E-state index contributed by atoms with van der Waals surface area (Å²) in [5.74, 6) is 0.0558. The van der Waals surface area contributed by atoms with Gasteiger partial charge in [0.2, 0.25) is 0 Å². The van der Waals surface area contributed by atoms with Gasteiger partial charge in [-0.1, -0.05) is 48.0 Å². The maximum absolute atomic E-state index is 13.3. The predicted octanol–water partition coefficient (Wildman–Crippen LogP) is 3.24. The highest BCUT2D eigenvalue weighted by molar-refractivity contribution is 6.00. The van der Waals surface area contributed by atoms with Crippen LogP contribution in [0.4, 0.5) is 0 Å². The van der Waals surface area contributed by atoms with Crippen LogP contribution < -0.4 is 0 Å². The molecule has 1 aromatic heterocycles. The molecule has 0 N–H and O–H groups in total. The van der Waals surface area contributed by atoms with E-state index in [4.69, 9.17) is 5.10 Å². The molecule has 1 amide bonds. The van der Waals surface area contributed by atoms with Crippen molar-refractivity contribution < 1.29 is 4.79 Å². The molecule has 1 saturated heterocycles. The molecule has 1 fully saturated rings. The molecule has 0 spiro atoms. The molecule has 1 aliphatic heterocycles. The molecule has 5 heteroatoms. The highest BCUT2D eigenvalue weighted by Crippen LogP contribution is 2.25. The molecule has 138 valence electrons. The molecule has 0 atom stereocenters. The monoisotopic (exact) mass is 360 g/mol. The zero-order chi connectivity index (χ0) is 18.8. The minimum absolute atomic E-state index is 0.0558. The van der Waals surface area contributed by atoms with Gasteiger partial charge in [-0.15, -0.1) is 0 Å². The number of benzene rings is 2. The summed E-state index contributed by atoms with van der Waals surface area (Å²) in [6.45, 7) is 5.36. The first-order valence-electron chi connectivity index (χ1n) is 9.32. The van der Waals surface area contributed by atoms with Gasteiger partial charge in [0.15, 0.2) is 0 Å². The SMILES string of the molecule is Cc1ccc(-n2cc(C(=O)N3CCN(C)CC3)c(-c3ccccc3)n2)cc1. The Bertz CT molecular complexity index is 923. The number of rotatable bonds is 3. The van der Waals surface area contributed by atoms with Gasteiger partial charge in [0.05, 0.1) is 11.3 Å². The number of hydrogen-bond donors (Lipinski definition) is 0. The summed E-state index contributed by atoms with van der Waals surface area (Å²) in [7, 11) is 2.09. The molecule has 0 unspecified atom stereocenters. The summed E-state index contributed by atoms with van der Waals surface area (Å²) < 4.78 is 1.81. The van der Waals surface area contributed by atoms with E-state index in [-0.39, 0.29) is 5.91 Å². The van der Waals surface area contributed by atoms with Crippen LogP contribution in [0.25, 0.3) is 16.9 Å². The van der Waals surface area contributed by atoms with Gasteiger partial charge in [0, 0.05) is 37.9 Å². The van der Waals surface area contributed by atoms with E-state index in [1.807, 2.05) is 58.2 Å². The minimum atomic E-state index is 0.0558. The number of carbonyl (C=O) groups excluding carboxylic acids is 1. The van der Waals surface area contributed by atoms with Crippen molar-refractivity contribution in [1.29, 1.82) is 0 Å². The first-order chi connectivity index (χ1) is 13.1. The van der Waals surface area contributed by atoms with Crippen LogP contribution in [0.2, 0.25) is 0 Å². The molecule has 5 nitrogen and oxygen atoms in total. The lowest BCUT2D eigenvalue weighted by atomic mass is 10.1. The molecule has 27 heavy (non-hydrogen) atoms. The average molecular weight is 360 g/mol. The lowest BCUT2D eigenvalue weighted by Gasteiger charge is -2.32. The maximum Gasteiger partial charge on any atom is 0.257 e. The molecule has 0 radical (unpaired) electrons. The first-order valence-corrected chi connectivity index (χ1v) is 9.32. The Morgan fingerprint density at radius 3 is 2.26 bits per heavy atom. The van der Waals surface area contributed by atoms with Crippen molar-refractivity contribution in [2.75, 3.05) is 33.2 Å². The number of hydrogen-bond acceptors (Lipinski definition) is 3. The fourth-order valence-corrected chi connectivity index (χ4v) is 3.35. The number of amides is 1. The summed E-state index contributed by atoms with van der Waals surface area (Å²) >= 11 is 0. The molecule has 0 bridgehead atoms. The van der Waals surface area contributed by atoms with Gasteiger partial charge in [-0.05, 0) is 26.1 Å². The Morgan fingerprint density at radius 1 is 0.926 bits per heavy atom. The smallest absolute Gasteiger partial charge is 0.257 e.